The Balaban J connectivity index is 1.81. The van der Waals surface area contributed by atoms with E-state index in [2.05, 4.69) is 11.0 Å². The van der Waals surface area contributed by atoms with Crippen LogP contribution in [0, 0.1) is 17.2 Å². The van der Waals surface area contributed by atoms with Gasteiger partial charge in [-0.05, 0) is 38.1 Å². The quantitative estimate of drug-likeness (QED) is 0.666. The number of hydrogen-bond donors (Lipinski definition) is 0. The normalized spacial score (nSPS) is 30.4. The van der Waals surface area contributed by atoms with Gasteiger partial charge in [-0.15, -0.1) is 0 Å². The van der Waals surface area contributed by atoms with Crippen molar-refractivity contribution in [3.63, 3.8) is 0 Å². The molecule has 0 aromatic carbocycles. The fourth-order valence-electron chi connectivity index (χ4n) is 2.45. The van der Waals surface area contributed by atoms with Crippen molar-refractivity contribution >= 4 is 0 Å². The maximum Gasteiger partial charge on any atom is 0.0978 e. The van der Waals surface area contributed by atoms with E-state index in [0.29, 0.717) is 0 Å². The summed E-state index contributed by atoms with van der Waals surface area (Å²) in [5.41, 5.74) is 0. The molecule has 2 aliphatic heterocycles. The van der Waals surface area contributed by atoms with Crippen LogP contribution in [0.3, 0.4) is 0 Å². The van der Waals surface area contributed by atoms with Gasteiger partial charge in [0, 0.05) is 19.8 Å². The lowest BCUT2D eigenvalue weighted by atomic mass is 9.99. The third-order valence-corrected chi connectivity index (χ3v) is 3.35. The topological polar surface area (TPSA) is 36.3 Å². The molecule has 0 amide bonds. The molecule has 0 bridgehead atoms. The highest BCUT2D eigenvalue weighted by atomic mass is 16.5. The predicted molar refractivity (Wildman–Crippen MR) is 53.8 cm³/mol. The van der Waals surface area contributed by atoms with Crippen molar-refractivity contribution in [3.8, 4) is 6.07 Å². The zero-order valence-corrected chi connectivity index (χ0v) is 8.61. The number of hydrogen-bond acceptors (Lipinski definition) is 3. The Hall–Kier alpha value is -0.590. The molecule has 0 saturated carbocycles. The average Bonchev–Trinajstić information content (AvgIpc) is 2.67. The second kappa shape index (κ2) is 4.77. The molecule has 2 saturated heterocycles. The lowest BCUT2D eigenvalue weighted by Crippen LogP contribution is -2.35. The van der Waals surface area contributed by atoms with Gasteiger partial charge < -0.3 is 4.74 Å². The van der Waals surface area contributed by atoms with E-state index in [-0.39, 0.29) is 6.04 Å². The summed E-state index contributed by atoms with van der Waals surface area (Å²) in [5, 5.41) is 8.95. The van der Waals surface area contributed by atoms with Crippen molar-refractivity contribution in [2.75, 3.05) is 26.3 Å². The van der Waals surface area contributed by atoms with Gasteiger partial charge in [-0.3, -0.25) is 4.90 Å². The molecule has 0 N–H and O–H groups in total. The lowest BCUT2D eigenvalue weighted by molar-refractivity contribution is 0.0532. The first-order valence-electron chi connectivity index (χ1n) is 5.61. The fraction of sp³-hybridized carbons (Fsp3) is 0.909. The summed E-state index contributed by atoms with van der Waals surface area (Å²) in [6.07, 6.45) is 4.62. The van der Waals surface area contributed by atoms with Crippen LogP contribution >= 0.6 is 0 Å². The molecule has 0 aromatic rings. The molecule has 2 heterocycles. The molecule has 1 atom stereocenters. The van der Waals surface area contributed by atoms with E-state index < -0.39 is 0 Å². The maximum absolute atomic E-state index is 8.95. The summed E-state index contributed by atoms with van der Waals surface area (Å²) >= 11 is 0. The van der Waals surface area contributed by atoms with E-state index in [1.165, 1.54) is 19.3 Å². The van der Waals surface area contributed by atoms with Gasteiger partial charge in [0.15, 0.2) is 0 Å². The second-order valence-electron chi connectivity index (χ2n) is 4.34. The highest BCUT2D eigenvalue weighted by molar-refractivity contribution is 4.96. The number of nitrogens with zero attached hydrogens (tertiary/aromatic N) is 2. The Morgan fingerprint density at radius 3 is 2.79 bits per heavy atom. The molecule has 2 rings (SSSR count). The molecule has 0 radical (unpaired) electrons. The first kappa shape index (κ1) is 9.95. The summed E-state index contributed by atoms with van der Waals surface area (Å²) in [7, 11) is 0. The predicted octanol–water partition coefficient (Wildman–Crippen LogP) is 1.40. The van der Waals surface area contributed by atoms with Crippen molar-refractivity contribution in [1.82, 2.24) is 4.90 Å². The van der Waals surface area contributed by atoms with Crippen LogP contribution in [0.15, 0.2) is 0 Å². The molecule has 3 heteroatoms. The Labute approximate surface area is 85.6 Å². The third-order valence-electron chi connectivity index (χ3n) is 3.35. The molecule has 14 heavy (non-hydrogen) atoms. The standard InChI is InChI=1S/C11H18N2O/c12-8-11-2-1-5-13(11)9-10-3-6-14-7-4-10/h10-11H,1-7,9H2. The molecular formula is C11H18N2O. The summed E-state index contributed by atoms with van der Waals surface area (Å²) in [4.78, 5) is 2.36. The van der Waals surface area contributed by atoms with Crippen LogP contribution in [0.25, 0.3) is 0 Å². The van der Waals surface area contributed by atoms with Crippen molar-refractivity contribution in [2.45, 2.75) is 31.7 Å². The van der Waals surface area contributed by atoms with E-state index >= 15 is 0 Å². The minimum atomic E-state index is 0.192. The van der Waals surface area contributed by atoms with E-state index in [4.69, 9.17) is 10.00 Å². The number of rotatable bonds is 2. The van der Waals surface area contributed by atoms with Crippen LogP contribution in [-0.4, -0.2) is 37.2 Å². The van der Waals surface area contributed by atoms with Crippen LogP contribution < -0.4 is 0 Å². The molecule has 2 fully saturated rings. The Kier molecular flexibility index (Phi) is 3.39. The summed E-state index contributed by atoms with van der Waals surface area (Å²) in [6.45, 7) is 4.06. The maximum atomic E-state index is 8.95. The highest BCUT2D eigenvalue weighted by Crippen LogP contribution is 2.22. The zero-order chi connectivity index (χ0) is 9.80. The summed E-state index contributed by atoms with van der Waals surface area (Å²) in [6, 6.07) is 2.59. The SMILES string of the molecule is N#CC1CCCN1CC1CCOCC1. The smallest absolute Gasteiger partial charge is 0.0978 e. The molecule has 3 nitrogen and oxygen atoms in total. The van der Waals surface area contributed by atoms with Gasteiger partial charge in [-0.2, -0.15) is 5.26 Å². The average molecular weight is 194 g/mol. The van der Waals surface area contributed by atoms with Gasteiger partial charge >= 0.3 is 0 Å². The van der Waals surface area contributed by atoms with Crippen LogP contribution in [0.1, 0.15) is 25.7 Å². The van der Waals surface area contributed by atoms with Gasteiger partial charge in [0.05, 0.1) is 12.1 Å². The first-order valence-corrected chi connectivity index (χ1v) is 5.61. The fourth-order valence-corrected chi connectivity index (χ4v) is 2.45. The highest BCUT2D eigenvalue weighted by Gasteiger charge is 2.27. The largest absolute Gasteiger partial charge is 0.381 e. The van der Waals surface area contributed by atoms with E-state index in [0.717, 1.165) is 38.6 Å². The van der Waals surface area contributed by atoms with E-state index in [1.54, 1.807) is 0 Å². The van der Waals surface area contributed by atoms with Gasteiger partial charge in [0.25, 0.3) is 0 Å². The summed E-state index contributed by atoms with van der Waals surface area (Å²) in [5.74, 6) is 0.762. The van der Waals surface area contributed by atoms with Crippen LogP contribution in [0.4, 0.5) is 0 Å². The van der Waals surface area contributed by atoms with E-state index in [1.807, 2.05) is 0 Å². The Morgan fingerprint density at radius 2 is 2.07 bits per heavy atom. The van der Waals surface area contributed by atoms with Crippen LogP contribution in [-0.2, 0) is 4.74 Å². The molecule has 2 aliphatic rings. The Morgan fingerprint density at radius 1 is 1.29 bits per heavy atom. The van der Waals surface area contributed by atoms with Gasteiger partial charge in [0.1, 0.15) is 0 Å². The third kappa shape index (κ3) is 2.26. The lowest BCUT2D eigenvalue weighted by Gasteiger charge is -2.28. The minimum Gasteiger partial charge on any atom is -0.381 e. The number of likely N-dealkylation sites (tertiary alicyclic amines) is 1. The molecule has 78 valence electrons. The summed E-state index contributed by atoms with van der Waals surface area (Å²) < 4.78 is 5.33. The van der Waals surface area contributed by atoms with Crippen LogP contribution in [0.5, 0.6) is 0 Å². The number of ether oxygens (including phenoxy) is 1. The minimum absolute atomic E-state index is 0.192. The van der Waals surface area contributed by atoms with Crippen molar-refractivity contribution in [2.24, 2.45) is 5.92 Å². The Bertz CT molecular complexity index is 218. The van der Waals surface area contributed by atoms with Crippen molar-refractivity contribution in [3.05, 3.63) is 0 Å². The molecule has 0 aromatic heterocycles. The van der Waals surface area contributed by atoms with Crippen molar-refractivity contribution in [1.29, 1.82) is 5.26 Å². The van der Waals surface area contributed by atoms with Crippen molar-refractivity contribution < 1.29 is 4.74 Å². The molecule has 0 spiro atoms. The number of nitriles is 1. The van der Waals surface area contributed by atoms with E-state index in [9.17, 15) is 0 Å². The molecule has 1 unspecified atom stereocenters. The monoisotopic (exact) mass is 194 g/mol. The first-order chi connectivity index (χ1) is 6.90. The van der Waals surface area contributed by atoms with Crippen LogP contribution in [0.2, 0.25) is 0 Å². The van der Waals surface area contributed by atoms with Gasteiger partial charge in [-0.1, -0.05) is 0 Å². The molecule has 0 aliphatic carbocycles. The zero-order valence-electron chi connectivity index (χ0n) is 8.61. The second-order valence-corrected chi connectivity index (χ2v) is 4.34. The van der Waals surface area contributed by atoms with Gasteiger partial charge in [-0.25, -0.2) is 0 Å². The molecular weight excluding hydrogens is 176 g/mol. The van der Waals surface area contributed by atoms with Gasteiger partial charge in [0.2, 0.25) is 0 Å².